The highest BCUT2D eigenvalue weighted by Gasteiger charge is 2.64. The minimum absolute atomic E-state index is 0.183. The van der Waals surface area contributed by atoms with E-state index in [0.717, 1.165) is 0 Å². The lowest BCUT2D eigenvalue weighted by atomic mass is 10.0. The molecule has 1 nitrogen and oxygen atoms in total. The van der Waals surface area contributed by atoms with E-state index in [-0.39, 0.29) is 18.4 Å². The molecule has 20 heavy (non-hydrogen) atoms. The van der Waals surface area contributed by atoms with Crippen LogP contribution in [0.3, 0.4) is 0 Å². The molecule has 0 radical (unpaired) electrons. The molecule has 1 aromatic rings. The van der Waals surface area contributed by atoms with Crippen LogP contribution in [0.4, 0.5) is 26.3 Å². The van der Waals surface area contributed by atoms with Crippen molar-refractivity contribution in [3.05, 3.63) is 35.9 Å². The largest absolute Gasteiger partial charge is 0.406 e. The van der Waals surface area contributed by atoms with Gasteiger partial charge in [-0.25, -0.2) is 0 Å². The Labute approximate surface area is 112 Å². The van der Waals surface area contributed by atoms with Crippen molar-refractivity contribution in [2.24, 2.45) is 0 Å². The van der Waals surface area contributed by atoms with Crippen LogP contribution in [0.5, 0.6) is 0 Å². The van der Waals surface area contributed by atoms with Gasteiger partial charge in [-0.15, -0.1) is 0 Å². The molecule has 0 bridgehead atoms. The molecule has 2 rings (SSSR count). The Morgan fingerprint density at radius 1 is 1.00 bits per heavy atom. The third-order valence-corrected chi connectivity index (χ3v) is 3.38. The van der Waals surface area contributed by atoms with Crippen molar-refractivity contribution in [3.63, 3.8) is 0 Å². The highest BCUT2D eigenvalue weighted by molar-refractivity contribution is 5.22. The molecule has 1 N–H and O–H groups in total. The lowest BCUT2D eigenvalue weighted by Crippen LogP contribution is -2.47. The molecule has 1 aromatic carbocycles. The van der Waals surface area contributed by atoms with Crippen LogP contribution in [0.25, 0.3) is 0 Å². The summed E-state index contributed by atoms with van der Waals surface area (Å²) in [6.45, 7) is 0. The van der Waals surface area contributed by atoms with Gasteiger partial charge in [-0.3, -0.25) is 5.32 Å². The molecule has 1 saturated carbocycles. The summed E-state index contributed by atoms with van der Waals surface area (Å²) in [6, 6.07) is 6.03. The molecule has 0 aromatic heterocycles. The van der Waals surface area contributed by atoms with Crippen LogP contribution in [0, 0.1) is 0 Å². The second kappa shape index (κ2) is 4.95. The number of rotatable bonds is 4. The van der Waals surface area contributed by atoms with Crippen molar-refractivity contribution in [3.8, 4) is 0 Å². The quantitative estimate of drug-likeness (QED) is 0.814. The fraction of sp³-hybridized carbons (Fsp3) is 0.538. The molecule has 0 spiro atoms. The summed E-state index contributed by atoms with van der Waals surface area (Å²) < 4.78 is 76.3. The van der Waals surface area contributed by atoms with Crippen LogP contribution in [-0.4, -0.2) is 17.9 Å². The van der Waals surface area contributed by atoms with E-state index in [1.807, 2.05) is 0 Å². The van der Waals surface area contributed by atoms with Gasteiger partial charge in [-0.1, -0.05) is 30.3 Å². The molecular weight excluding hydrogens is 284 g/mol. The van der Waals surface area contributed by atoms with E-state index in [2.05, 4.69) is 5.32 Å². The van der Waals surface area contributed by atoms with Gasteiger partial charge in [-0.05, 0) is 18.4 Å². The van der Waals surface area contributed by atoms with Gasteiger partial charge in [0.05, 0.1) is 6.42 Å². The minimum atomic E-state index is -4.54. The smallest absolute Gasteiger partial charge is 0.296 e. The van der Waals surface area contributed by atoms with E-state index in [4.69, 9.17) is 0 Å². The second-order valence-corrected chi connectivity index (χ2v) is 5.01. The Morgan fingerprint density at radius 3 is 1.95 bits per heavy atom. The van der Waals surface area contributed by atoms with E-state index in [0.29, 0.717) is 0 Å². The Bertz CT molecular complexity index is 446. The van der Waals surface area contributed by atoms with Crippen molar-refractivity contribution in [2.75, 3.05) is 0 Å². The third kappa shape index (κ3) is 3.45. The van der Waals surface area contributed by atoms with Crippen LogP contribution in [-0.2, 0) is 0 Å². The average molecular weight is 297 g/mol. The first-order valence-electron chi connectivity index (χ1n) is 6.09. The standard InChI is InChI=1S/C13H13F6N/c14-12(15,16)8-10(9-4-2-1-3-5-9)20-11(6-7-11)13(17,18)19/h1-5,10,20H,6-8H2. The molecule has 0 saturated heterocycles. The molecule has 7 heteroatoms. The zero-order chi connectivity index (χ0) is 15.0. The van der Waals surface area contributed by atoms with Crippen LogP contribution in [0.2, 0.25) is 0 Å². The number of hydrogen-bond acceptors (Lipinski definition) is 1. The summed E-state index contributed by atoms with van der Waals surface area (Å²) in [5.41, 5.74) is -1.96. The van der Waals surface area contributed by atoms with Gasteiger partial charge in [-0.2, -0.15) is 26.3 Å². The topological polar surface area (TPSA) is 12.0 Å². The van der Waals surface area contributed by atoms with Crippen LogP contribution >= 0.6 is 0 Å². The van der Waals surface area contributed by atoms with Crippen LogP contribution in [0.15, 0.2) is 30.3 Å². The van der Waals surface area contributed by atoms with Gasteiger partial charge in [0.2, 0.25) is 0 Å². The molecule has 112 valence electrons. The van der Waals surface area contributed by atoms with E-state index < -0.39 is 30.4 Å². The van der Waals surface area contributed by atoms with Crippen molar-refractivity contribution < 1.29 is 26.3 Å². The lowest BCUT2D eigenvalue weighted by Gasteiger charge is -2.28. The number of benzene rings is 1. The molecule has 1 unspecified atom stereocenters. The van der Waals surface area contributed by atoms with Crippen molar-refractivity contribution >= 4 is 0 Å². The van der Waals surface area contributed by atoms with Gasteiger partial charge in [0.25, 0.3) is 0 Å². The fourth-order valence-electron chi connectivity index (χ4n) is 2.14. The number of hydrogen-bond donors (Lipinski definition) is 1. The summed E-state index contributed by atoms with van der Waals surface area (Å²) in [5.74, 6) is 0. The van der Waals surface area contributed by atoms with Gasteiger partial charge in [0.15, 0.2) is 0 Å². The second-order valence-electron chi connectivity index (χ2n) is 5.01. The minimum Gasteiger partial charge on any atom is -0.296 e. The Balaban J connectivity index is 2.20. The summed E-state index contributed by atoms with van der Waals surface area (Å²) in [6.07, 6.45) is -10.8. The fourth-order valence-corrected chi connectivity index (χ4v) is 2.14. The summed E-state index contributed by atoms with van der Waals surface area (Å²) in [7, 11) is 0. The number of halogens is 6. The summed E-state index contributed by atoms with van der Waals surface area (Å²) >= 11 is 0. The molecular formula is C13H13F6N. The first-order chi connectivity index (χ1) is 9.13. The van der Waals surface area contributed by atoms with Gasteiger partial charge < -0.3 is 0 Å². The predicted molar refractivity (Wildman–Crippen MR) is 61.0 cm³/mol. The highest BCUT2D eigenvalue weighted by atomic mass is 19.4. The SMILES string of the molecule is FC(F)(F)CC(NC1(C(F)(F)F)CC1)c1ccccc1. The van der Waals surface area contributed by atoms with E-state index >= 15 is 0 Å². The highest BCUT2D eigenvalue weighted by Crippen LogP contribution is 2.51. The van der Waals surface area contributed by atoms with Gasteiger partial charge in [0.1, 0.15) is 5.54 Å². The van der Waals surface area contributed by atoms with E-state index in [9.17, 15) is 26.3 Å². The molecule has 0 amide bonds. The van der Waals surface area contributed by atoms with Gasteiger partial charge >= 0.3 is 12.4 Å². The molecule has 1 aliphatic carbocycles. The first-order valence-corrected chi connectivity index (χ1v) is 6.09. The lowest BCUT2D eigenvalue weighted by molar-refractivity contribution is -0.175. The molecule has 0 aliphatic heterocycles. The Morgan fingerprint density at radius 2 is 1.55 bits per heavy atom. The Kier molecular flexibility index (Phi) is 3.75. The summed E-state index contributed by atoms with van der Waals surface area (Å²) in [4.78, 5) is 0. The first kappa shape index (κ1) is 15.2. The third-order valence-electron chi connectivity index (χ3n) is 3.38. The molecule has 1 aliphatic rings. The van der Waals surface area contributed by atoms with E-state index in [1.54, 1.807) is 6.07 Å². The maximum Gasteiger partial charge on any atom is 0.406 e. The number of alkyl halides is 6. The van der Waals surface area contributed by atoms with Crippen molar-refractivity contribution in [1.82, 2.24) is 5.32 Å². The molecule has 1 fully saturated rings. The Hall–Kier alpha value is -1.24. The van der Waals surface area contributed by atoms with Crippen LogP contribution in [0.1, 0.15) is 30.9 Å². The van der Waals surface area contributed by atoms with Crippen molar-refractivity contribution in [1.29, 1.82) is 0 Å². The molecule has 0 heterocycles. The zero-order valence-corrected chi connectivity index (χ0v) is 10.4. The van der Waals surface area contributed by atoms with Crippen molar-refractivity contribution in [2.45, 2.75) is 43.2 Å². The average Bonchev–Trinajstić information content (AvgIpc) is 3.08. The van der Waals surface area contributed by atoms with E-state index in [1.165, 1.54) is 24.3 Å². The zero-order valence-electron chi connectivity index (χ0n) is 10.4. The normalized spacial score (nSPS) is 19.7. The monoisotopic (exact) mass is 297 g/mol. The molecule has 1 atom stereocenters. The number of nitrogens with one attached hydrogen (secondary N) is 1. The maximum absolute atomic E-state index is 12.9. The maximum atomic E-state index is 12.9. The predicted octanol–water partition coefficient (Wildman–Crippen LogP) is 4.36. The van der Waals surface area contributed by atoms with Gasteiger partial charge in [0, 0.05) is 6.04 Å². The van der Waals surface area contributed by atoms with Crippen LogP contribution < -0.4 is 5.32 Å². The summed E-state index contributed by atoms with van der Waals surface area (Å²) in [5, 5.41) is 2.17.